The van der Waals surface area contributed by atoms with Gasteiger partial charge in [-0.15, -0.1) is 0 Å². The quantitative estimate of drug-likeness (QED) is 0.777. The van der Waals surface area contributed by atoms with Gasteiger partial charge in [0.2, 0.25) is 11.8 Å². The van der Waals surface area contributed by atoms with Crippen molar-refractivity contribution in [3.8, 4) is 0 Å². The molecule has 1 N–H and O–H groups in total. The van der Waals surface area contributed by atoms with E-state index in [1.165, 1.54) is 11.0 Å². The Kier molecular flexibility index (Phi) is 7.19. The summed E-state index contributed by atoms with van der Waals surface area (Å²) in [4.78, 5) is 27.1. The molecule has 150 valence electrons. The Bertz CT molecular complexity index is 848. The van der Waals surface area contributed by atoms with Gasteiger partial charge in [-0.25, -0.2) is 4.39 Å². The third-order valence-corrected chi connectivity index (χ3v) is 4.44. The van der Waals surface area contributed by atoms with Crippen molar-refractivity contribution in [1.29, 1.82) is 0 Å². The van der Waals surface area contributed by atoms with E-state index in [0.29, 0.717) is 10.6 Å². The second kappa shape index (κ2) is 9.20. The molecule has 4 nitrogen and oxygen atoms in total. The average molecular weight is 405 g/mol. The largest absolute Gasteiger partial charge is 0.350 e. The zero-order valence-electron chi connectivity index (χ0n) is 16.6. The first kappa shape index (κ1) is 21.9. The lowest BCUT2D eigenvalue weighted by molar-refractivity contribution is -0.140. The molecule has 0 spiro atoms. The first-order valence-corrected chi connectivity index (χ1v) is 9.54. The fourth-order valence-electron chi connectivity index (χ4n) is 2.79. The van der Waals surface area contributed by atoms with E-state index in [-0.39, 0.29) is 24.8 Å². The second-order valence-corrected chi connectivity index (χ2v) is 8.27. The van der Waals surface area contributed by atoms with Crippen LogP contribution in [-0.2, 0) is 22.6 Å². The van der Waals surface area contributed by atoms with Crippen LogP contribution in [0.25, 0.3) is 0 Å². The van der Waals surface area contributed by atoms with Gasteiger partial charge in [0.15, 0.2) is 0 Å². The number of hydrogen-bond donors (Lipinski definition) is 1. The van der Waals surface area contributed by atoms with Crippen LogP contribution < -0.4 is 5.32 Å². The van der Waals surface area contributed by atoms with Crippen LogP contribution >= 0.6 is 11.6 Å². The van der Waals surface area contributed by atoms with Crippen LogP contribution in [0.5, 0.6) is 0 Å². The molecule has 0 saturated heterocycles. The number of halogens is 2. The van der Waals surface area contributed by atoms with Gasteiger partial charge in [-0.05, 0) is 51.5 Å². The Hall–Kier alpha value is -2.40. The Morgan fingerprint density at radius 1 is 1.14 bits per heavy atom. The van der Waals surface area contributed by atoms with Gasteiger partial charge in [0.25, 0.3) is 0 Å². The number of hydrogen-bond acceptors (Lipinski definition) is 2. The summed E-state index contributed by atoms with van der Waals surface area (Å²) in [6.07, 6.45) is 0.0716. The molecule has 0 bridgehead atoms. The number of nitrogens with zero attached hydrogens (tertiary/aromatic N) is 1. The fourth-order valence-corrected chi connectivity index (χ4v) is 3.00. The average Bonchev–Trinajstić information content (AvgIpc) is 2.59. The molecule has 6 heteroatoms. The lowest BCUT2D eigenvalue weighted by atomic mass is 10.1. The molecule has 0 radical (unpaired) electrons. The Morgan fingerprint density at radius 3 is 2.43 bits per heavy atom. The van der Waals surface area contributed by atoms with Crippen molar-refractivity contribution < 1.29 is 14.0 Å². The minimum atomic E-state index is -0.759. The normalized spacial score (nSPS) is 12.4. The molecule has 2 rings (SSSR count). The summed E-state index contributed by atoms with van der Waals surface area (Å²) in [5, 5.41) is 3.41. The molecule has 0 heterocycles. The van der Waals surface area contributed by atoms with E-state index in [1.807, 2.05) is 20.8 Å². The number of carbonyl (C=O) groups excluding carboxylic acids is 2. The standard InChI is InChI=1S/C22H26ClFN2O2/c1-15(21(28)25-22(2,3)4)26(14-17-9-5-6-11-19(17)24)20(27)13-16-8-7-10-18(23)12-16/h5-12,15H,13-14H2,1-4H3,(H,25,28)/t15-/m1/s1. The molecule has 2 amide bonds. The van der Waals surface area contributed by atoms with E-state index in [2.05, 4.69) is 5.32 Å². The van der Waals surface area contributed by atoms with E-state index in [4.69, 9.17) is 11.6 Å². The lowest BCUT2D eigenvalue weighted by Gasteiger charge is -2.31. The third-order valence-electron chi connectivity index (χ3n) is 4.21. The van der Waals surface area contributed by atoms with E-state index in [0.717, 1.165) is 5.56 Å². The first-order valence-electron chi connectivity index (χ1n) is 9.16. The summed E-state index contributed by atoms with van der Waals surface area (Å²) in [6.45, 7) is 7.26. The molecular formula is C22H26ClFN2O2. The van der Waals surface area contributed by atoms with Gasteiger partial charge in [0, 0.05) is 22.7 Å². The number of nitrogens with one attached hydrogen (secondary N) is 1. The maximum atomic E-state index is 14.2. The highest BCUT2D eigenvalue weighted by atomic mass is 35.5. The van der Waals surface area contributed by atoms with Gasteiger partial charge in [0.05, 0.1) is 6.42 Å². The molecule has 0 aliphatic heterocycles. The topological polar surface area (TPSA) is 49.4 Å². The highest BCUT2D eigenvalue weighted by Gasteiger charge is 2.29. The summed E-state index contributed by atoms with van der Waals surface area (Å²) in [5.74, 6) is -0.975. The van der Waals surface area contributed by atoms with Gasteiger partial charge in [-0.3, -0.25) is 9.59 Å². The van der Waals surface area contributed by atoms with Crippen molar-refractivity contribution >= 4 is 23.4 Å². The van der Waals surface area contributed by atoms with Crippen molar-refractivity contribution in [3.63, 3.8) is 0 Å². The monoisotopic (exact) mass is 404 g/mol. The lowest BCUT2D eigenvalue weighted by Crippen LogP contribution is -2.52. The van der Waals surface area contributed by atoms with Crippen LogP contribution in [0.15, 0.2) is 48.5 Å². The van der Waals surface area contributed by atoms with Gasteiger partial charge in [-0.1, -0.05) is 41.9 Å². The molecule has 0 aliphatic carbocycles. The van der Waals surface area contributed by atoms with Crippen molar-refractivity contribution in [2.45, 2.75) is 52.2 Å². The summed E-state index contributed by atoms with van der Waals surface area (Å²) in [5.41, 5.74) is 0.655. The van der Waals surface area contributed by atoms with E-state index >= 15 is 0 Å². The van der Waals surface area contributed by atoms with Crippen LogP contribution in [0.4, 0.5) is 4.39 Å². The third kappa shape index (κ3) is 6.34. The number of rotatable bonds is 6. The molecule has 0 fully saturated rings. The van der Waals surface area contributed by atoms with Crippen molar-refractivity contribution in [2.75, 3.05) is 0 Å². The molecule has 2 aromatic carbocycles. The summed E-state index contributed by atoms with van der Waals surface area (Å²) in [6, 6.07) is 12.5. The summed E-state index contributed by atoms with van der Waals surface area (Å²) >= 11 is 6.01. The SMILES string of the molecule is C[C@H](C(=O)NC(C)(C)C)N(Cc1ccccc1F)C(=O)Cc1cccc(Cl)c1. The molecule has 1 atom stereocenters. The maximum absolute atomic E-state index is 14.2. The summed E-state index contributed by atoms with van der Waals surface area (Å²) in [7, 11) is 0. The van der Waals surface area contributed by atoms with E-state index < -0.39 is 17.4 Å². The molecule has 2 aromatic rings. The Morgan fingerprint density at radius 2 is 1.82 bits per heavy atom. The zero-order valence-corrected chi connectivity index (χ0v) is 17.4. The van der Waals surface area contributed by atoms with Crippen molar-refractivity contribution in [2.24, 2.45) is 0 Å². The minimum absolute atomic E-state index is 0.00476. The molecule has 0 aromatic heterocycles. The zero-order chi connectivity index (χ0) is 20.9. The van der Waals surface area contributed by atoms with Crippen LogP contribution in [0.2, 0.25) is 5.02 Å². The van der Waals surface area contributed by atoms with Gasteiger partial charge in [-0.2, -0.15) is 0 Å². The molecular weight excluding hydrogens is 379 g/mol. The fraction of sp³-hybridized carbons (Fsp3) is 0.364. The van der Waals surface area contributed by atoms with Crippen LogP contribution in [0.1, 0.15) is 38.8 Å². The van der Waals surface area contributed by atoms with Gasteiger partial charge >= 0.3 is 0 Å². The predicted molar refractivity (Wildman–Crippen MR) is 109 cm³/mol. The number of benzene rings is 2. The highest BCUT2D eigenvalue weighted by molar-refractivity contribution is 6.30. The first-order chi connectivity index (χ1) is 13.1. The molecule has 0 saturated carbocycles. The van der Waals surface area contributed by atoms with Gasteiger partial charge < -0.3 is 10.2 Å². The van der Waals surface area contributed by atoms with Crippen LogP contribution in [-0.4, -0.2) is 28.3 Å². The molecule has 0 aliphatic rings. The number of carbonyl (C=O) groups is 2. The Labute approximate surface area is 170 Å². The highest BCUT2D eigenvalue weighted by Crippen LogP contribution is 2.17. The molecule has 28 heavy (non-hydrogen) atoms. The summed E-state index contributed by atoms with van der Waals surface area (Å²) < 4.78 is 14.2. The van der Waals surface area contributed by atoms with Crippen molar-refractivity contribution in [1.82, 2.24) is 10.2 Å². The minimum Gasteiger partial charge on any atom is -0.350 e. The maximum Gasteiger partial charge on any atom is 0.242 e. The smallest absolute Gasteiger partial charge is 0.242 e. The second-order valence-electron chi connectivity index (χ2n) is 7.83. The van der Waals surface area contributed by atoms with Crippen molar-refractivity contribution in [3.05, 3.63) is 70.5 Å². The van der Waals surface area contributed by atoms with E-state index in [9.17, 15) is 14.0 Å². The van der Waals surface area contributed by atoms with Gasteiger partial charge in [0.1, 0.15) is 11.9 Å². The predicted octanol–water partition coefficient (Wildman–Crippen LogP) is 4.35. The Balaban J connectivity index is 2.27. The number of amides is 2. The van der Waals surface area contributed by atoms with Crippen LogP contribution in [0.3, 0.4) is 0 Å². The molecule has 0 unspecified atom stereocenters. The van der Waals surface area contributed by atoms with Crippen LogP contribution in [0, 0.1) is 5.82 Å². The van der Waals surface area contributed by atoms with E-state index in [1.54, 1.807) is 49.4 Å².